The first kappa shape index (κ1) is 13.3. The molecule has 0 radical (unpaired) electrons. The lowest BCUT2D eigenvalue weighted by Crippen LogP contribution is -2.26. The second kappa shape index (κ2) is 5.27. The molecule has 3 nitrogen and oxygen atoms in total. The maximum atomic E-state index is 5.85. The molecule has 1 atom stereocenters. The summed E-state index contributed by atoms with van der Waals surface area (Å²) < 4.78 is 0. The van der Waals surface area contributed by atoms with Crippen molar-refractivity contribution < 1.29 is 0 Å². The second-order valence-electron chi connectivity index (χ2n) is 6.24. The molecule has 1 aliphatic heterocycles. The van der Waals surface area contributed by atoms with Crippen molar-refractivity contribution in [3.63, 3.8) is 0 Å². The Hall–Kier alpha value is -1.09. The number of nitrogens with two attached hydrogens (primary N) is 1. The molecular formula is C15H25N3. The molecule has 0 saturated carbocycles. The van der Waals surface area contributed by atoms with Crippen LogP contribution in [-0.4, -0.2) is 18.1 Å². The Morgan fingerprint density at radius 2 is 2.06 bits per heavy atom. The standard InChI is InChI=1S/C15H25N3/c1-12(16)13-5-6-14(17-11-13)18-9-4-7-15(2,3)8-10-18/h5-6,11-12H,4,7-10,16H2,1-3H3. The predicted molar refractivity (Wildman–Crippen MR) is 76.7 cm³/mol. The molecule has 100 valence electrons. The van der Waals surface area contributed by atoms with Gasteiger partial charge in [-0.3, -0.25) is 0 Å². The number of hydrogen-bond acceptors (Lipinski definition) is 3. The van der Waals surface area contributed by atoms with Crippen LogP contribution in [0.2, 0.25) is 0 Å². The van der Waals surface area contributed by atoms with Crippen LogP contribution < -0.4 is 10.6 Å². The van der Waals surface area contributed by atoms with Gasteiger partial charge in [-0.2, -0.15) is 0 Å². The number of rotatable bonds is 2. The van der Waals surface area contributed by atoms with Gasteiger partial charge in [-0.1, -0.05) is 19.9 Å². The highest BCUT2D eigenvalue weighted by atomic mass is 15.2. The van der Waals surface area contributed by atoms with E-state index in [1.54, 1.807) is 0 Å². The molecule has 3 heteroatoms. The zero-order valence-electron chi connectivity index (χ0n) is 11.8. The highest BCUT2D eigenvalue weighted by Crippen LogP contribution is 2.31. The van der Waals surface area contributed by atoms with Crippen molar-refractivity contribution in [2.45, 2.75) is 46.1 Å². The van der Waals surface area contributed by atoms with Crippen molar-refractivity contribution in [1.82, 2.24) is 4.98 Å². The first-order chi connectivity index (χ1) is 8.48. The predicted octanol–water partition coefficient (Wildman–Crippen LogP) is 3.12. The maximum Gasteiger partial charge on any atom is 0.128 e. The van der Waals surface area contributed by atoms with E-state index in [0.717, 1.165) is 24.5 Å². The summed E-state index contributed by atoms with van der Waals surface area (Å²) in [5.41, 5.74) is 7.43. The highest BCUT2D eigenvalue weighted by molar-refractivity contribution is 5.40. The Bertz CT molecular complexity index is 381. The van der Waals surface area contributed by atoms with E-state index >= 15 is 0 Å². The minimum atomic E-state index is 0.0645. The summed E-state index contributed by atoms with van der Waals surface area (Å²) in [5.74, 6) is 1.09. The quantitative estimate of drug-likeness (QED) is 0.873. The molecule has 0 bridgehead atoms. The summed E-state index contributed by atoms with van der Waals surface area (Å²) in [7, 11) is 0. The van der Waals surface area contributed by atoms with Gasteiger partial charge in [0.15, 0.2) is 0 Å². The normalized spacial score (nSPS) is 21.4. The van der Waals surface area contributed by atoms with Gasteiger partial charge < -0.3 is 10.6 Å². The Balaban J connectivity index is 2.07. The van der Waals surface area contributed by atoms with E-state index in [0.29, 0.717) is 5.41 Å². The van der Waals surface area contributed by atoms with Crippen molar-refractivity contribution in [2.24, 2.45) is 11.1 Å². The minimum Gasteiger partial charge on any atom is -0.357 e. The molecule has 1 aliphatic rings. The van der Waals surface area contributed by atoms with Crippen LogP contribution >= 0.6 is 0 Å². The number of aromatic nitrogens is 1. The Morgan fingerprint density at radius 3 is 2.67 bits per heavy atom. The van der Waals surface area contributed by atoms with Crippen molar-refractivity contribution >= 4 is 5.82 Å². The molecular weight excluding hydrogens is 222 g/mol. The molecule has 2 heterocycles. The fraction of sp³-hybridized carbons (Fsp3) is 0.667. The number of pyridine rings is 1. The van der Waals surface area contributed by atoms with Gasteiger partial charge in [0.1, 0.15) is 5.82 Å². The zero-order valence-corrected chi connectivity index (χ0v) is 11.8. The fourth-order valence-electron chi connectivity index (χ4n) is 2.51. The zero-order chi connectivity index (χ0) is 13.2. The van der Waals surface area contributed by atoms with E-state index in [1.165, 1.54) is 19.3 Å². The molecule has 2 N–H and O–H groups in total. The topological polar surface area (TPSA) is 42.1 Å². The third-order valence-corrected chi connectivity index (χ3v) is 3.96. The molecule has 1 saturated heterocycles. The first-order valence-electron chi connectivity index (χ1n) is 6.94. The first-order valence-corrected chi connectivity index (χ1v) is 6.94. The van der Waals surface area contributed by atoms with E-state index in [4.69, 9.17) is 5.73 Å². The molecule has 18 heavy (non-hydrogen) atoms. The van der Waals surface area contributed by atoms with Crippen molar-refractivity contribution in [3.05, 3.63) is 23.9 Å². The van der Waals surface area contributed by atoms with Crippen LogP contribution in [0, 0.1) is 5.41 Å². The molecule has 1 aromatic heterocycles. The van der Waals surface area contributed by atoms with Crippen LogP contribution in [0.1, 0.15) is 51.6 Å². The third-order valence-electron chi connectivity index (χ3n) is 3.96. The van der Waals surface area contributed by atoms with Crippen LogP contribution in [0.5, 0.6) is 0 Å². The largest absolute Gasteiger partial charge is 0.357 e. The summed E-state index contributed by atoms with van der Waals surface area (Å²) in [6, 6.07) is 4.27. The Labute approximate surface area is 110 Å². The lowest BCUT2D eigenvalue weighted by atomic mass is 9.85. The van der Waals surface area contributed by atoms with Crippen LogP contribution in [0.15, 0.2) is 18.3 Å². The van der Waals surface area contributed by atoms with E-state index < -0.39 is 0 Å². The van der Waals surface area contributed by atoms with Gasteiger partial charge in [0.25, 0.3) is 0 Å². The SMILES string of the molecule is CC(N)c1ccc(N2CCCC(C)(C)CC2)nc1. The van der Waals surface area contributed by atoms with Gasteiger partial charge in [0.2, 0.25) is 0 Å². The maximum absolute atomic E-state index is 5.85. The highest BCUT2D eigenvalue weighted by Gasteiger charge is 2.23. The molecule has 0 amide bonds. The smallest absolute Gasteiger partial charge is 0.128 e. The van der Waals surface area contributed by atoms with Gasteiger partial charge >= 0.3 is 0 Å². The van der Waals surface area contributed by atoms with E-state index in [1.807, 2.05) is 13.1 Å². The second-order valence-corrected chi connectivity index (χ2v) is 6.24. The minimum absolute atomic E-state index is 0.0645. The van der Waals surface area contributed by atoms with Gasteiger partial charge in [-0.25, -0.2) is 4.98 Å². The van der Waals surface area contributed by atoms with Gasteiger partial charge in [-0.15, -0.1) is 0 Å². The molecule has 1 unspecified atom stereocenters. The van der Waals surface area contributed by atoms with Crippen molar-refractivity contribution in [3.8, 4) is 0 Å². The fourth-order valence-corrected chi connectivity index (χ4v) is 2.51. The average molecular weight is 247 g/mol. The van der Waals surface area contributed by atoms with E-state index in [-0.39, 0.29) is 6.04 Å². The van der Waals surface area contributed by atoms with Gasteiger partial charge in [0.05, 0.1) is 0 Å². The van der Waals surface area contributed by atoms with Gasteiger partial charge in [-0.05, 0) is 43.2 Å². The van der Waals surface area contributed by atoms with Crippen molar-refractivity contribution in [2.75, 3.05) is 18.0 Å². The Morgan fingerprint density at radius 1 is 1.28 bits per heavy atom. The lowest BCUT2D eigenvalue weighted by molar-refractivity contribution is 0.325. The van der Waals surface area contributed by atoms with Crippen LogP contribution in [0.4, 0.5) is 5.82 Å². The third kappa shape index (κ3) is 3.22. The molecule has 1 aromatic rings. The Kier molecular flexibility index (Phi) is 3.91. The molecule has 1 fully saturated rings. The molecule has 0 aliphatic carbocycles. The van der Waals surface area contributed by atoms with E-state index in [9.17, 15) is 0 Å². The number of anilines is 1. The van der Waals surface area contributed by atoms with Crippen molar-refractivity contribution in [1.29, 1.82) is 0 Å². The number of nitrogens with zero attached hydrogens (tertiary/aromatic N) is 2. The number of hydrogen-bond donors (Lipinski definition) is 1. The average Bonchev–Trinajstić information content (AvgIpc) is 2.50. The summed E-state index contributed by atoms with van der Waals surface area (Å²) in [4.78, 5) is 6.96. The van der Waals surface area contributed by atoms with Gasteiger partial charge in [0, 0.05) is 25.3 Å². The van der Waals surface area contributed by atoms with E-state index in [2.05, 4.69) is 35.9 Å². The van der Waals surface area contributed by atoms with Crippen LogP contribution in [0.25, 0.3) is 0 Å². The lowest BCUT2D eigenvalue weighted by Gasteiger charge is -2.24. The van der Waals surface area contributed by atoms with Crippen LogP contribution in [0.3, 0.4) is 0 Å². The molecule has 2 rings (SSSR count). The summed E-state index contributed by atoms with van der Waals surface area (Å²) >= 11 is 0. The monoisotopic (exact) mass is 247 g/mol. The van der Waals surface area contributed by atoms with Crippen LogP contribution in [-0.2, 0) is 0 Å². The molecule has 0 spiro atoms. The summed E-state index contributed by atoms with van der Waals surface area (Å²) in [6.07, 6.45) is 5.71. The molecule has 0 aromatic carbocycles. The summed E-state index contributed by atoms with van der Waals surface area (Å²) in [5, 5.41) is 0. The summed E-state index contributed by atoms with van der Waals surface area (Å²) in [6.45, 7) is 8.95.